The summed E-state index contributed by atoms with van der Waals surface area (Å²) < 4.78 is 0. The number of hydrogen-bond donors (Lipinski definition) is 4. The minimum atomic E-state index is -0.581. The molecule has 1 aromatic carbocycles. The Morgan fingerprint density at radius 1 is 0.974 bits per heavy atom. The molecule has 3 aliphatic heterocycles. The molecular weight excluding hydrogens is 478 g/mol. The molecule has 0 radical (unpaired) electrons. The summed E-state index contributed by atoms with van der Waals surface area (Å²) in [5.74, 6) is 0.543. The number of aromatic nitrogens is 2. The summed E-state index contributed by atoms with van der Waals surface area (Å²) in [6.07, 6.45) is 5.13. The molecule has 3 aliphatic rings. The third-order valence-electron chi connectivity index (χ3n) is 8.23. The molecule has 10 heteroatoms. The molecule has 206 valence electrons. The van der Waals surface area contributed by atoms with E-state index in [-0.39, 0.29) is 5.69 Å². The van der Waals surface area contributed by atoms with E-state index in [1.807, 2.05) is 19.1 Å². The lowest BCUT2D eigenvalue weighted by Gasteiger charge is -2.42. The molecule has 5 N–H and O–H groups in total. The van der Waals surface area contributed by atoms with E-state index in [1.54, 1.807) is 0 Å². The highest BCUT2D eigenvalue weighted by Gasteiger charge is 2.27. The van der Waals surface area contributed by atoms with Crippen LogP contribution in [0.1, 0.15) is 48.8 Å². The van der Waals surface area contributed by atoms with Crippen LogP contribution in [0.25, 0.3) is 0 Å². The van der Waals surface area contributed by atoms with Crippen LogP contribution in [0.2, 0.25) is 0 Å². The average Bonchev–Trinajstić information content (AvgIpc) is 2.94. The number of carbonyl (C=O) groups excluding carboxylic acids is 1. The van der Waals surface area contributed by atoms with Gasteiger partial charge in [-0.15, -0.1) is 0 Å². The number of anilines is 4. The van der Waals surface area contributed by atoms with Gasteiger partial charge in [0, 0.05) is 62.7 Å². The van der Waals surface area contributed by atoms with E-state index < -0.39 is 5.91 Å². The Labute approximate surface area is 226 Å². The highest BCUT2D eigenvalue weighted by molar-refractivity contribution is 5.96. The largest absolute Gasteiger partial charge is 0.371 e. The van der Waals surface area contributed by atoms with Gasteiger partial charge >= 0.3 is 0 Å². The van der Waals surface area contributed by atoms with Gasteiger partial charge in [0.15, 0.2) is 17.3 Å². The zero-order chi connectivity index (χ0) is 26.5. The Balaban J connectivity index is 1.24. The van der Waals surface area contributed by atoms with Crippen LogP contribution in [0.3, 0.4) is 0 Å². The van der Waals surface area contributed by atoms with E-state index in [9.17, 15) is 4.79 Å². The quantitative estimate of drug-likeness (QED) is 0.415. The second-order valence-corrected chi connectivity index (χ2v) is 10.8. The van der Waals surface area contributed by atoms with Gasteiger partial charge in [0.05, 0.1) is 5.69 Å². The molecule has 2 aromatic rings. The number of nitrogens with zero attached hydrogens (tertiary/aromatic N) is 5. The van der Waals surface area contributed by atoms with Crippen LogP contribution in [0.4, 0.5) is 23.0 Å². The van der Waals surface area contributed by atoms with Crippen molar-refractivity contribution >= 4 is 28.9 Å². The van der Waals surface area contributed by atoms with Gasteiger partial charge in [-0.25, -0.2) is 9.97 Å². The number of nitrogens with two attached hydrogens (primary N) is 1. The maximum absolute atomic E-state index is 12.2. The summed E-state index contributed by atoms with van der Waals surface area (Å²) in [4.78, 5) is 29.2. The van der Waals surface area contributed by atoms with Gasteiger partial charge in [-0.2, -0.15) is 0 Å². The number of aryl methyl sites for hydroxylation is 1. The number of piperidine rings is 2. The molecule has 0 bridgehead atoms. The van der Waals surface area contributed by atoms with E-state index >= 15 is 0 Å². The summed E-state index contributed by atoms with van der Waals surface area (Å²) in [5.41, 5.74) is 8.71. The molecule has 1 aromatic heterocycles. The average molecular weight is 522 g/mol. The zero-order valence-electron chi connectivity index (χ0n) is 22.9. The van der Waals surface area contributed by atoms with Crippen LogP contribution < -0.4 is 26.6 Å². The fourth-order valence-corrected chi connectivity index (χ4v) is 5.82. The number of nitrogens with one attached hydrogen (secondary N) is 3. The Bertz CT molecular complexity index is 1070. The molecule has 38 heavy (non-hydrogen) atoms. The summed E-state index contributed by atoms with van der Waals surface area (Å²) >= 11 is 0. The number of hydrogen-bond acceptors (Lipinski definition) is 9. The zero-order valence-corrected chi connectivity index (χ0v) is 22.9. The van der Waals surface area contributed by atoms with Crippen molar-refractivity contribution in [2.75, 3.05) is 74.9 Å². The number of piperazine rings is 1. The Morgan fingerprint density at radius 3 is 2.29 bits per heavy atom. The van der Waals surface area contributed by atoms with E-state index in [2.05, 4.69) is 54.8 Å². The molecule has 3 fully saturated rings. The molecule has 0 spiro atoms. The standard InChI is InChI=1S/C28H43N9O/c1-3-24-27(31-21-8-12-30-13-9-21)34-28(25(33-24)26(29)38)32-20-4-6-22(7-5-20)36-14-10-23(11-15-36)37-18-16-35(2)17-19-37/h4-7,21,23,30H,3,8-19H2,1-2H3,(H2,29,38)(H2,31,32,34). The molecular formula is C28H43N9O. The summed E-state index contributed by atoms with van der Waals surface area (Å²) in [6, 6.07) is 9.41. The van der Waals surface area contributed by atoms with Gasteiger partial charge in [-0.1, -0.05) is 6.92 Å². The normalized spacial score (nSPS) is 20.4. The van der Waals surface area contributed by atoms with Crippen molar-refractivity contribution in [1.82, 2.24) is 25.1 Å². The highest BCUT2D eigenvalue weighted by atomic mass is 16.1. The Kier molecular flexibility index (Phi) is 8.61. The van der Waals surface area contributed by atoms with Crippen molar-refractivity contribution in [3.05, 3.63) is 35.7 Å². The fourth-order valence-electron chi connectivity index (χ4n) is 5.82. The van der Waals surface area contributed by atoms with Crippen molar-refractivity contribution in [3.63, 3.8) is 0 Å². The van der Waals surface area contributed by atoms with E-state index in [1.165, 1.54) is 44.7 Å². The second kappa shape index (κ2) is 12.3. The number of rotatable bonds is 8. The van der Waals surface area contributed by atoms with Crippen molar-refractivity contribution in [1.29, 1.82) is 0 Å². The first-order valence-electron chi connectivity index (χ1n) is 14.2. The lowest BCUT2D eigenvalue weighted by atomic mass is 10.0. The monoisotopic (exact) mass is 521 g/mol. The van der Waals surface area contributed by atoms with Crippen LogP contribution >= 0.6 is 0 Å². The third kappa shape index (κ3) is 6.36. The lowest BCUT2D eigenvalue weighted by molar-refractivity contribution is 0.0982. The van der Waals surface area contributed by atoms with Crippen LogP contribution in [-0.4, -0.2) is 97.2 Å². The van der Waals surface area contributed by atoms with Crippen LogP contribution in [0, 0.1) is 0 Å². The molecule has 0 saturated carbocycles. The molecule has 1 amide bonds. The number of carbonyl (C=O) groups is 1. The predicted molar refractivity (Wildman–Crippen MR) is 153 cm³/mol. The van der Waals surface area contributed by atoms with Crippen molar-refractivity contribution < 1.29 is 4.79 Å². The van der Waals surface area contributed by atoms with Crippen LogP contribution in [0.15, 0.2) is 24.3 Å². The molecule has 0 atom stereocenters. The first-order valence-corrected chi connectivity index (χ1v) is 14.2. The first-order chi connectivity index (χ1) is 18.5. The van der Waals surface area contributed by atoms with E-state index in [0.29, 0.717) is 24.3 Å². The summed E-state index contributed by atoms with van der Waals surface area (Å²) in [7, 11) is 2.21. The summed E-state index contributed by atoms with van der Waals surface area (Å²) in [5, 5.41) is 10.3. The molecule has 5 rings (SSSR count). The van der Waals surface area contributed by atoms with Gasteiger partial charge in [-0.05, 0) is 76.5 Å². The number of likely N-dealkylation sites (N-methyl/N-ethyl adjacent to an activating group) is 1. The third-order valence-corrected chi connectivity index (χ3v) is 8.23. The van der Waals surface area contributed by atoms with Gasteiger partial charge in [0.25, 0.3) is 5.91 Å². The smallest absolute Gasteiger partial charge is 0.271 e. The molecule has 0 unspecified atom stereocenters. The Morgan fingerprint density at radius 2 is 1.66 bits per heavy atom. The maximum atomic E-state index is 12.2. The van der Waals surface area contributed by atoms with Crippen molar-refractivity contribution in [2.45, 2.75) is 51.1 Å². The molecule has 10 nitrogen and oxygen atoms in total. The minimum Gasteiger partial charge on any atom is -0.371 e. The minimum absolute atomic E-state index is 0.174. The predicted octanol–water partition coefficient (Wildman–Crippen LogP) is 2.26. The Hall–Kier alpha value is -2.95. The van der Waals surface area contributed by atoms with Crippen molar-refractivity contribution in [3.8, 4) is 0 Å². The molecule has 4 heterocycles. The van der Waals surface area contributed by atoms with E-state index in [4.69, 9.17) is 10.7 Å². The van der Waals surface area contributed by atoms with Crippen LogP contribution in [0.5, 0.6) is 0 Å². The fraction of sp³-hybridized carbons (Fsp3) is 0.607. The number of amides is 1. The summed E-state index contributed by atoms with van der Waals surface area (Å²) in [6.45, 7) is 10.9. The topological polar surface area (TPSA) is 115 Å². The lowest BCUT2D eigenvalue weighted by Crippen LogP contribution is -2.52. The number of benzene rings is 1. The second-order valence-electron chi connectivity index (χ2n) is 10.8. The highest BCUT2D eigenvalue weighted by Crippen LogP contribution is 2.27. The van der Waals surface area contributed by atoms with Crippen LogP contribution in [-0.2, 0) is 6.42 Å². The van der Waals surface area contributed by atoms with Gasteiger partial charge < -0.3 is 31.5 Å². The van der Waals surface area contributed by atoms with Crippen molar-refractivity contribution in [2.24, 2.45) is 5.73 Å². The molecule has 0 aliphatic carbocycles. The first kappa shape index (κ1) is 26.6. The van der Waals surface area contributed by atoms with Gasteiger partial charge in [0.1, 0.15) is 0 Å². The van der Waals surface area contributed by atoms with Gasteiger partial charge in [-0.3, -0.25) is 9.69 Å². The SMILES string of the molecule is CCc1nc(C(N)=O)c(Nc2ccc(N3CCC(N4CCN(C)CC4)CC3)cc2)nc1NC1CCNCC1. The van der Waals surface area contributed by atoms with E-state index in [0.717, 1.165) is 56.2 Å². The van der Waals surface area contributed by atoms with Gasteiger partial charge in [0.2, 0.25) is 0 Å². The number of primary amides is 1. The molecule has 3 saturated heterocycles. The maximum Gasteiger partial charge on any atom is 0.271 e.